The highest BCUT2D eigenvalue weighted by Gasteiger charge is 2.15. The van der Waals surface area contributed by atoms with Crippen LogP contribution in [-0.4, -0.2) is 38.4 Å². The highest BCUT2D eigenvalue weighted by atomic mass is 16.2. The van der Waals surface area contributed by atoms with Gasteiger partial charge in [-0.1, -0.05) is 0 Å². The van der Waals surface area contributed by atoms with Crippen molar-refractivity contribution < 1.29 is 4.79 Å². The second-order valence-electron chi connectivity index (χ2n) is 5.55. The fourth-order valence-electron chi connectivity index (χ4n) is 2.67. The van der Waals surface area contributed by atoms with E-state index in [9.17, 15) is 4.79 Å². The summed E-state index contributed by atoms with van der Waals surface area (Å²) < 4.78 is 1.95. The summed E-state index contributed by atoms with van der Waals surface area (Å²) in [5, 5.41) is 0. The van der Waals surface area contributed by atoms with Crippen LogP contribution in [0.1, 0.15) is 22.8 Å². The van der Waals surface area contributed by atoms with Gasteiger partial charge < -0.3 is 9.47 Å². The normalized spacial score (nSPS) is 10.9. The van der Waals surface area contributed by atoms with E-state index in [-0.39, 0.29) is 5.91 Å². The zero-order valence-corrected chi connectivity index (χ0v) is 13.4. The highest BCUT2D eigenvalue weighted by molar-refractivity contribution is 5.97. The van der Waals surface area contributed by atoms with E-state index >= 15 is 0 Å². The van der Waals surface area contributed by atoms with Crippen LogP contribution in [0.25, 0.3) is 11.0 Å². The van der Waals surface area contributed by atoms with Gasteiger partial charge in [0.25, 0.3) is 5.91 Å². The lowest BCUT2D eigenvalue weighted by Crippen LogP contribution is -2.32. The molecule has 0 saturated heterocycles. The Bertz CT molecular complexity index is 810. The molecule has 5 nitrogen and oxygen atoms in total. The third kappa shape index (κ3) is 3.23. The van der Waals surface area contributed by atoms with Crippen molar-refractivity contribution in [2.45, 2.75) is 13.3 Å². The van der Waals surface area contributed by atoms with Crippen LogP contribution >= 0.6 is 0 Å². The van der Waals surface area contributed by atoms with Gasteiger partial charge in [-0.2, -0.15) is 0 Å². The summed E-state index contributed by atoms with van der Waals surface area (Å²) in [5.41, 5.74) is 3.75. The molecule has 23 heavy (non-hydrogen) atoms. The van der Waals surface area contributed by atoms with E-state index in [1.807, 2.05) is 53.8 Å². The number of nitrogens with zero attached hydrogens (tertiary/aromatic N) is 4. The number of aromatic nitrogens is 3. The molecular weight excluding hydrogens is 288 g/mol. The van der Waals surface area contributed by atoms with Gasteiger partial charge in [-0.15, -0.1) is 0 Å². The molecule has 0 aliphatic carbocycles. The minimum absolute atomic E-state index is 0.0501. The SMILES string of the molecule is CCN(CCc1ccncc1)C(=O)c1ccc2c(c1)ncn2C. The molecule has 3 rings (SSSR count). The first-order chi connectivity index (χ1) is 11.2. The molecule has 0 fully saturated rings. The van der Waals surface area contributed by atoms with E-state index in [0.29, 0.717) is 18.7 Å². The highest BCUT2D eigenvalue weighted by Crippen LogP contribution is 2.15. The molecule has 1 aromatic carbocycles. The Balaban J connectivity index is 1.75. The molecule has 5 heteroatoms. The number of rotatable bonds is 5. The number of aryl methyl sites for hydroxylation is 1. The van der Waals surface area contributed by atoms with Crippen LogP contribution in [0.3, 0.4) is 0 Å². The molecule has 0 spiro atoms. The summed E-state index contributed by atoms with van der Waals surface area (Å²) in [6.45, 7) is 3.38. The van der Waals surface area contributed by atoms with Crippen molar-refractivity contribution in [2.24, 2.45) is 7.05 Å². The van der Waals surface area contributed by atoms with Crippen LogP contribution in [0.5, 0.6) is 0 Å². The van der Waals surface area contributed by atoms with Crippen LogP contribution < -0.4 is 0 Å². The predicted molar refractivity (Wildman–Crippen MR) is 90.2 cm³/mol. The zero-order chi connectivity index (χ0) is 16.2. The topological polar surface area (TPSA) is 51.0 Å². The van der Waals surface area contributed by atoms with Gasteiger partial charge in [0.2, 0.25) is 0 Å². The summed E-state index contributed by atoms with van der Waals surface area (Å²) in [6, 6.07) is 9.66. The fraction of sp³-hybridized carbons (Fsp3) is 0.278. The maximum Gasteiger partial charge on any atom is 0.253 e. The Labute approximate surface area is 135 Å². The van der Waals surface area contributed by atoms with Crippen molar-refractivity contribution in [3.8, 4) is 0 Å². The van der Waals surface area contributed by atoms with Crippen LogP contribution in [0.2, 0.25) is 0 Å². The van der Waals surface area contributed by atoms with Gasteiger partial charge in [-0.3, -0.25) is 9.78 Å². The number of carbonyl (C=O) groups is 1. The zero-order valence-electron chi connectivity index (χ0n) is 13.4. The van der Waals surface area contributed by atoms with Crippen molar-refractivity contribution in [2.75, 3.05) is 13.1 Å². The van der Waals surface area contributed by atoms with Crippen molar-refractivity contribution in [3.63, 3.8) is 0 Å². The molecule has 0 N–H and O–H groups in total. The molecule has 0 radical (unpaired) electrons. The van der Waals surface area contributed by atoms with E-state index in [4.69, 9.17) is 0 Å². The van der Waals surface area contributed by atoms with Crippen LogP contribution in [0.4, 0.5) is 0 Å². The van der Waals surface area contributed by atoms with Gasteiger partial charge in [-0.25, -0.2) is 4.98 Å². The van der Waals surface area contributed by atoms with Crippen LogP contribution in [0.15, 0.2) is 49.1 Å². The van der Waals surface area contributed by atoms with Gasteiger partial charge in [0.1, 0.15) is 0 Å². The third-order valence-electron chi connectivity index (χ3n) is 4.06. The van der Waals surface area contributed by atoms with Crippen LogP contribution in [0, 0.1) is 0 Å². The fourth-order valence-corrected chi connectivity index (χ4v) is 2.67. The molecule has 3 aromatic rings. The Hall–Kier alpha value is -2.69. The Kier molecular flexibility index (Phi) is 4.37. The number of likely N-dealkylation sites (N-methyl/N-ethyl adjacent to an activating group) is 1. The van der Waals surface area contributed by atoms with E-state index in [1.165, 1.54) is 5.56 Å². The Morgan fingerprint density at radius 2 is 2.00 bits per heavy atom. The molecule has 0 bridgehead atoms. The smallest absolute Gasteiger partial charge is 0.253 e. The number of pyridine rings is 1. The molecule has 0 aliphatic rings. The van der Waals surface area contributed by atoms with E-state index in [0.717, 1.165) is 17.5 Å². The third-order valence-corrected chi connectivity index (χ3v) is 4.06. The Morgan fingerprint density at radius 1 is 1.22 bits per heavy atom. The molecule has 2 heterocycles. The first kappa shape index (κ1) is 15.2. The van der Waals surface area contributed by atoms with Crippen molar-refractivity contribution in [1.29, 1.82) is 0 Å². The predicted octanol–water partition coefficient (Wildman–Crippen LogP) is 2.67. The standard InChI is InChI=1S/C18H20N4O/c1-3-22(11-8-14-6-9-19-10-7-14)18(23)15-4-5-17-16(12-15)20-13-21(17)2/h4-7,9-10,12-13H,3,8,11H2,1-2H3. The molecule has 1 amide bonds. The molecular formula is C18H20N4O. The van der Waals surface area contributed by atoms with Gasteiger partial charge >= 0.3 is 0 Å². The van der Waals surface area contributed by atoms with Gasteiger partial charge in [0.15, 0.2) is 0 Å². The largest absolute Gasteiger partial charge is 0.339 e. The lowest BCUT2D eigenvalue weighted by molar-refractivity contribution is 0.0766. The van der Waals surface area contributed by atoms with E-state index < -0.39 is 0 Å². The molecule has 0 aliphatic heterocycles. The second-order valence-corrected chi connectivity index (χ2v) is 5.55. The average Bonchev–Trinajstić information content (AvgIpc) is 2.97. The summed E-state index contributed by atoms with van der Waals surface area (Å²) >= 11 is 0. The summed E-state index contributed by atoms with van der Waals surface area (Å²) in [6.07, 6.45) is 6.15. The molecule has 0 unspecified atom stereocenters. The molecule has 2 aromatic heterocycles. The van der Waals surface area contributed by atoms with Crippen molar-refractivity contribution >= 4 is 16.9 Å². The van der Waals surface area contributed by atoms with Crippen molar-refractivity contribution in [1.82, 2.24) is 19.4 Å². The lowest BCUT2D eigenvalue weighted by Gasteiger charge is -2.21. The molecule has 0 atom stereocenters. The average molecular weight is 308 g/mol. The lowest BCUT2D eigenvalue weighted by atomic mass is 10.1. The van der Waals surface area contributed by atoms with Gasteiger partial charge in [-0.05, 0) is 49.2 Å². The maximum absolute atomic E-state index is 12.7. The number of fused-ring (bicyclic) bond motifs is 1. The number of benzene rings is 1. The monoisotopic (exact) mass is 308 g/mol. The first-order valence-corrected chi connectivity index (χ1v) is 7.78. The molecule has 0 saturated carbocycles. The van der Waals surface area contributed by atoms with Crippen molar-refractivity contribution in [3.05, 3.63) is 60.2 Å². The summed E-state index contributed by atoms with van der Waals surface area (Å²) in [4.78, 5) is 22.9. The maximum atomic E-state index is 12.7. The van der Waals surface area contributed by atoms with Gasteiger partial charge in [0.05, 0.1) is 17.4 Å². The van der Waals surface area contributed by atoms with E-state index in [2.05, 4.69) is 9.97 Å². The quantitative estimate of drug-likeness (QED) is 0.728. The van der Waals surface area contributed by atoms with E-state index in [1.54, 1.807) is 18.7 Å². The minimum atomic E-state index is 0.0501. The Morgan fingerprint density at radius 3 is 2.74 bits per heavy atom. The summed E-state index contributed by atoms with van der Waals surface area (Å²) in [5.74, 6) is 0.0501. The molecule has 118 valence electrons. The number of amides is 1. The minimum Gasteiger partial charge on any atom is -0.339 e. The first-order valence-electron chi connectivity index (χ1n) is 7.78. The number of hydrogen-bond donors (Lipinski definition) is 0. The van der Waals surface area contributed by atoms with Crippen LogP contribution in [-0.2, 0) is 13.5 Å². The number of hydrogen-bond acceptors (Lipinski definition) is 3. The number of carbonyl (C=O) groups excluding carboxylic acids is 1. The van der Waals surface area contributed by atoms with Gasteiger partial charge in [0, 0.05) is 38.1 Å². The number of imidazole rings is 1. The summed E-state index contributed by atoms with van der Waals surface area (Å²) in [7, 11) is 1.95. The second kappa shape index (κ2) is 6.60.